The maximum Gasteiger partial charge on any atom is 0.137 e. The minimum Gasteiger partial charge on any atom is -0.487 e. The fourth-order valence-electron chi connectivity index (χ4n) is 2.19. The normalized spacial score (nSPS) is 12.5. The number of hydrogen-bond acceptors (Lipinski definition) is 3. The molecule has 2 heterocycles. The van der Waals surface area contributed by atoms with Crippen LogP contribution in [0.15, 0.2) is 48.8 Å². The Balaban J connectivity index is 1.82. The summed E-state index contributed by atoms with van der Waals surface area (Å²) in [4.78, 5) is 4.41. The molecule has 3 aromatic rings. The highest BCUT2D eigenvalue weighted by Crippen LogP contribution is 2.26. The van der Waals surface area contributed by atoms with E-state index in [1.807, 2.05) is 35.0 Å². The Hall–Kier alpha value is -2.40. The first-order valence-electron chi connectivity index (χ1n) is 6.66. The topological polar surface area (TPSA) is 46.8 Å². The zero-order valence-electron chi connectivity index (χ0n) is 11.5. The van der Waals surface area contributed by atoms with E-state index in [1.165, 1.54) is 18.2 Å². The number of nitrogens with zero attached hydrogens (tertiary/aromatic N) is 2. The summed E-state index contributed by atoms with van der Waals surface area (Å²) >= 11 is 0. The van der Waals surface area contributed by atoms with Crippen LogP contribution in [0.4, 0.5) is 4.39 Å². The molecule has 0 unspecified atom stereocenters. The second-order valence-electron chi connectivity index (χ2n) is 4.85. The van der Waals surface area contributed by atoms with E-state index in [9.17, 15) is 9.50 Å². The van der Waals surface area contributed by atoms with Gasteiger partial charge in [-0.3, -0.25) is 0 Å². The molecule has 0 bridgehead atoms. The highest BCUT2D eigenvalue weighted by atomic mass is 19.1. The van der Waals surface area contributed by atoms with Gasteiger partial charge in [0, 0.05) is 24.0 Å². The molecule has 4 nitrogen and oxygen atoms in total. The number of rotatable bonds is 4. The Morgan fingerprint density at radius 3 is 2.95 bits per heavy atom. The summed E-state index contributed by atoms with van der Waals surface area (Å²) in [5.74, 6) is -0.0635. The molecule has 1 N–H and O–H groups in total. The van der Waals surface area contributed by atoms with Gasteiger partial charge in [0.15, 0.2) is 0 Å². The number of ether oxygens (including phenoxy) is 1. The summed E-state index contributed by atoms with van der Waals surface area (Å²) in [6, 6.07) is 9.83. The lowest BCUT2D eigenvalue weighted by Crippen LogP contribution is -2.01. The van der Waals surface area contributed by atoms with Crippen molar-refractivity contribution in [2.24, 2.45) is 0 Å². The molecule has 0 radical (unpaired) electrons. The van der Waals surface area contributed by atoms with Gasteiger partial charge in [-0.05, 0) is 31.2 Å². The van der Waals surface area contributed by atoms with Gasteiger partial charge >= 0.3 is 0 Å². The summed E-state index contributed by atoms with van der Waals surface area (Å²) in [5, 5.41) is 9.68. The van der Waals surface area contributed by atoms with Crippen molar-refractivity contribution in [3.8, 4) is 5.75 Å². The van der Waals surface area contributed by atoms with Crippen LogP contribution in [0.2, 0.25) is 0 Å². The number of aliphatic hydroxyl groups is 1. The lowest BCUT2D eigenvalue weighted by atomic mass is 10.1. The molecule has 2 aromatic heterocycles. The first kappa shape index (κ1) is 13.6. The summed E-state index contributed by atoms with van der Waals surface area (Å²) in [6.45, 7) is 1.83. The lowest BCUT2D eigenvalue weighted by Gasteiger charge is -2.12. The molecular formula is C16H15FN2O2. The van der Waals surface area contributed by atoms with E-state index in [0.29, 0.717) is 11.3 Å². The number of pyridine rings is 1. The van der Waals surface area contributed by atoms with Crippen molar-refractivity contribution < 1.29 is 14.2 Å². The number of aromatic nitrogens is 2. The van der Waals surface area contributed by atoms with Crippen LogP contribution in [-0.4, -0.2) is 14.5 Å². The van der Waals surface area contributed by atoms with Crippen molar-refractivity contribution in [1.82, 2.24) is 9.38 Å². The van der Waals surface area contributed by atoms with Crippen molar-refractivity contribution in [3.05, 3.63) is 65.9 Å². The maximum atomic E-state index is 13.3. The Labute approximate surface area is 121 Å². The minimum atomic E-state index is -0.721. The lowest BCUT2D eigenvalue weighted by molar-refractivity contribution is 0.189. The molecule has 0 aliphatic heterocycles. The van der Waals surface area contributed by atoms with Gasteiger partial charge < -0.3 is 14.2 Å². The van der Waals surface area contributed by atoms with Gasteiger partial charge in [-0.2, -0.15) is 0 Å². The predicted octanol–water partition coefficient (Wildman–Crippen LogP) is 3.11. The predicted molar refractivity (Wildman–Crippen MR) is 76.6 cm³/mol. The number of benzene rings is 1. The molecule has 0 fully saturated rings. The van der Waals surface area contributed by atoms with E-state index in [2.05, 4.69) is 4.98 Å². The molecule has 0 saturated carbocycles. The number of imidazole rings is 1. The van der Waals surface area contributed by atoms with Gasteiger partial charge in [0.2, 0.25) is 0 Å². The molecule has 1 atom stereocenters. The Morgan fingerprint density at radius 1 is 1.33 bits per heavy atom. The molecule has 0 amide bonds. The molecule has 0 aliphatic rings. The second kappa shape index (κ2) is 5.54. The van der Waals surface area contributed by atoms with Gasteiger partial charge in [-0.1, -0.05) is 6.07 Å². The van der Waals surface area contributed by atoms with Crippen molar-refractivity contribution in [2.45, 2.75) is 19.6 Å². The zero-order chi connectivity index (χ0) is 14.8. The number of fused-ring (bicyclic) bond motifs is 1. The monoisotopic (exact) mass is 286 g/mol. The average Bonchev–Trinajstić information content (AvgIpc) is 2.87. The smallest absolute Gasteiger partial charge is 0.137 e. The van der Waals surface area contributed by atoms with Gasteiger partial charge in [0.1, 0.15) is 23.8 Å². The highest BCUT2D eigenvalue weighted by Gasteiger charge is 2.11. The number of halogens is 1. The van der Waals surface area contributed by atoms with Crippen LogP contribution < -0.4 is 4.74 Å². The quantitative estimate of drug-likeness (QED) is 0.801. The summed E-state index contributed by atoms with van der Waals surface area (Å²) < 4.78 is 20.8. The van der Waals surface area contributed by atoms with E-state index in [4.69, 9.17) is 4.74 Å². The molecule has 0 saturated heterocycles. The Kier molecular flexibility index (Phi) is 3.58. The fraction of sp³-hybridized carbons (Fsp3) is 0.188. The Bertz CT molecular complexity index is 735. The maximum absolute atomic E-state index is 13.3. The van der Waals surface area contributed by atoms with E-state index in [1.54, 1.807) is 6.92 Å². The summed E-state index contributed by atoms with van der Waals surface area (Å²) in [5.41, 5.74) is 2.12. The van der Waals surface area contributed by atoms with E-state index in [-0.39, 0.29) is 6.61 Å². The molecule has 3 rings (SSSR count). The first-order chi connectivity index (χ1) is 10.1. The van der Waals surface area contributed by atoms with Crippen LogP contribution in [0.3, 0.4) is 0 Å². The van der Waals surface area contributed by atoms with Gasteiger partial charge in [0.25, 0.3) is 0 Å². The third-order valence-electron chi connectivity index (χ3n) is 3.22. The van der Waals surface area contributed by atoms with E-state index >= 15 is 0 Å². The average molecular weight is 286 g/mol. The molecule has 108 valence electrons. The largest absolute Gasteiger partial charge is 0.487 e. The third-order valence-corrected chi connectivity index (χ3v) is 3.22. The van der Waals surface area contributed by atoms with Gasteiger partial charge in [-0.25, -0.2) is 9.37 Å². The van der Waals surface area contributed by atoms with Crippen molar-refractivity contribution >= 4 is 5.65 Å². The van der Waals surface area contributed by atoms with Gasteiger partial charge in [0.05, 0.1) is 11.8 Å². The molecular weight excluding hydrogens is 271 g/mol. The van der Waals surface area contributed by atoms with Crippen molar-refractivity contribution in [2.75, 3.05) is 0 Å². The molecule has 0 spiro atoms. The van der Waals surface area contributed by atoms with Crippen LogP contribution in [0.25, 0.3) is 5.65 Å². The van der Waals surface area contributed by atoms with Crippen molar-refractivity contribution in [3.63, 3.8) is 0 Å². The van der Waals surface area contributed by atoms with Crippen LogP contribution in [-0.2, 0) is 6.61 Å². The third kappa shape index (κ3) is 2.87. The molecule has 5 heteroatoms. The van der Waals surface area contributed by atoms with E-state index in [0.717, 1.165) is 11.3 Å². The van der Waals surface area contributed by atoms with Crippen molar-refractivity contribution in [1.29, 1.82) is 0 Å². The Morgan fingerprint density at radius 2 is 2.19 bits per heavy atom. The number of aliphatic hydroxyl groups excluding tert-OH is 1. The van der Waals surface area contributed by atoms with Crippen LogP contribution >= 0.6 is 0 Å². The number of hydrogen-bond donors (Lipinski definition) is 1. The first-order valence-corrected chi connectivity index (χ1v) is 6.66. The van der Waals surface area contributed by atoms with Gasteiger partial charge in [-0.15, -0.1) is 0 Å². The summed E-state index contributed by atoms with van der Waals surface area (Å²) in [7, 11) is 0. The SMILES string of the molecule is C[C@H](O)c1ccc(F)cc1OCc1cn2ccccc2n1. The molecule has 1 aromatic carbocycles. The van der Waals surface area contributed by atoms with Crippen LogP contribution in [0.5, 0.6) is 5.75 Å². The van der Waals surface area contributed by atoms with Crippen LogP contribution in [0, 0.1) is 5.82 Å². The molecule has 0 aliphatic carbocycles. The fourth-order valence-corrected chi connectivity index (χ4v) is 2.19. The van der Waals surface area contributed by atoms with E-state index < -0.39 is 11.9 Å². The second-order valence-corrected chi connectivity index (χ2v) is 4.85. The minimum absolute atomic E-state index is 0.213. The molecule has 21 heavy (non-hydrogen) atoms. The standard InChI is InChI=1S/C16H15FN2O2/c1-11(20)14-6-5-12(17)8-15(14)21-10-13-9-19-7-3-2-4-16(19)18-13/h2-9,11,20H,10H2,1H3/t11-/m0/s1. The highest BCUT2D eigenvalue weighted by molar-refractivity contribution is 5.40. The van der Waals surface area contributed by atoms with Crippen LogP contribution in [0.1, 0.15) is 24.3 Å². The zero-order valence-corrected chi connectivity index (χ0v) is 11.5. The summed E-state index contributed by atoms with van der Waals surface area (Å²) in [6.07, 6.45) is 3.04.